The first kappa shape index (κ1) is 11.4. The predicted molar refractivity (Wildman–Crippen MR) is 47.7 cm³/mol. The molecule has 1 rings (SSSR count). The molecule has 1 heterocycles. The van der Waals surface area contributed by atoms with Crippen LogP contribution in [0.15, 0.2) is 16.9 Å². The number of halogens is 2. The number of pyridine rings is 1. The quantitative estimate of drug-likeness (QED) is 0.769. The Labute approximate surface area is 83.9 Å². The summed E-state index contributed by atoms with van der Waals surface area (Å²) in [6.45, 7) is 0. The molecule has 0 radical (unpaired) electrons. The Morgan fingerprint density at radius 1 is 1.53 bits per heavy atom. The third-order valence-electron chi connectivity index (χ3n) is 1.81. The zero-order valence-corrected chi connectivity index (χ0v) is 7.92. The highest BCUT2D eigenvalue weighted by Gasteiger charge is 2.11. The summed E-state index contributed by atoms with van der Waals surface area (Å²) < 4.78 is 28.6. The van der Waals surface area contributed by atoms with Crippen molar-refractivity contribution in [1.29, 1.82) is 0 Å². The van der Waals surface area contributed by atoms with Crippen LogP contribution in [-0.4, -0.2) is 18.1 Å². The second-order valence-corrected chi connectivity index (χ2v) is 2.82. The molecule has 0 unspecified atom stereocenters. The first-order valence-electron chi connectivity index (χ1n) is 4.11. The maximum atomic E-state index is 12.1. The molecule has 0 spiro atoms. The minimum absolute atomic E-state index is 0.103. The molecule has 82 valence electrons. The maximum Gasteiger partial charge on any atom is 0.310 e. The highest BCUT2D eigenvalue weighted by Crippen LogP contribution is 2.14. The molecule has 6 heteroatoms. The van der Waals surface area contributed by atoms with E-state index in [1.165, 1.54) is 13.2 Å². The minimum atomic E-state index is -2.73. The van der Waals surface area contributed by atoms with Crippen LogP contribution in [0, 0.1) is 0 Å². The molecule has 0 bridgehead atoms. The van der Waals surface area contributed by atoms with E-state index in [4.69, 9.17) is 0 Å². The largest absolute Gasteiger partial charge is 0.469 e. The average molecular weight is 217 g/mol. The van der Waals surface area contributed by atoms with Gasteiger partial charge in [-0.15, -0.1) is 0 Å². The predicted octanol–water partition coefficient (Wildman–Crippen LogP) is 1.03. The van der Waals surface area contributed by atoms with Crippen molar-refractivity contribution in [2.24, 2.45) is 0 Å². The van der Waals surface area contributed by atoms with Crippen LogP contribution in [0.4, 0.5) is 8.78 Å². The molecule has 0 aliphatic heterocycles. The normalized spacial score (nSPS) is 10.4. The van der Waals surface area contributed by atoms with Gasteiger partial charge in [0, 0.05) is 5.56 Å². The minimum Gasteiger partial charge on any atom is -0.469 e. The lowest BCUT2D eigenvalue weighted by Crippen LogP contribution is -2.18. The van der Waals surface area contributed by atoms with E-state index in [0.717, 1.165) is 6.07 Å². The Bertz CT molecular complexity index is 414. The lowest BCUT2D eigenvalue weighted by molar-refractivity contribution is -0.139. The van der Waals surface area contributed by atoms with Gasteiger partial charge >= 0.3 is 5.97 Å². The van der Waals surface area contributed by atoms with Crippen molar-refractivity contribution in [2.45, 2.75) is 12.8 Å². The number of rotatable bonds is 3. The molecule has 4 nitrogen and oxygen atoms in total. The third kappa shape index (κ3) is 2.87. The van der Waals surface area contributed by atoms with Gasteiger partial charge in [0.15, 0.2) is 0 Å². The Kier molecular flexibility index (Phi) is 3.54. The highest BCUT2D eigenvalue weighted by molar-refractivity contribution is 5.72. The van der Waals surface area contributed by atoms with Gasteiger partial charge in [0.1, 0.15) is 0 Å². The topological polar surface area (TPSA) is 59.2 Å². The summed E-state index contributed by atoms with van der Waals surface area (Å²) in [6, 6.07) is 2.27. The van der Waals surface area contributed by atoms with Gasteiger partial charge in [0.05, 0.1) is 19.2 Å². The zero-order valence-electron chi connectivity index (χ0n) is 7.92. The lowest BCUT2D eigenvalue weighted by atomic mass is 10.2. The van der Waals surface area contributed by atoms with Crippen LogP contribution in [0.25, 0.3) is 0 Å². The molecule has 1 N–H and O–H groups in total. The second kappa shape index (κ2) is 4.68. The molecule has 0 aliphatic rings. The van der Waals surface area contributed by atoms with Gasteiger partial charge in [-0.1, -0.05) is 6.07 Å². The van der Waals surface area contributed by atoms with E-state index in [0.29, 0.717) is 0 Å². The fraction of sp³-hybridized carbons (Fsp3) is 0.333. The van der Waals surface area contributed by atoms with E-state index in [-0.39, 0.29) is 12.0 Å². The summed E-state index contributed by atoms with van der Waals surface area (Å²) in [6.07, 6.45) is -2.96. The van der Waals surface area contributed by atoms with Gasteiger partial charge in [-0.25, -0.2) is 8.78 Å². The molecule has 15 heavy (non-hydrogen) atoms. The summed E-state index contributed by atoms with van der Waals surface area (Å²) >= 11 is 0. The third-order valence-corrected chi connectivity index (χ3v) is 1.81. The monoisotopic (exact) mass is 217 g/mol. The molecule has 0 amide bonds. The molecule has 0 aliphatic carbocycles. The molecular weight excluding hydrogens is 208 g/mol. The van der Waals surface area contributed by atoms with E-state index in [2.05, 4.69) is 4.74 Å². The van der Waals surface area contributed by atoms with Crippen molar-refractivity contribution in [1.82, 2.24) is 4.98 Å². The molecule has 0 saturated heterocycles. The molecule has 1 aromatic heterocycles. The summed E-state index contributed by atoms with van der Waals surface area (Å²) in [7, 11) is 1.18. The van der Waals surface area contributed by atoms with E-state index >= 15 is 0 Å². The van der Waals surface area contributed by atoms with Crippen LogP contribution >= 0.6 is 0 Å². The number of hydrogen-bond donors (Lipinski definition) is 1. The number of ether oxygens (including phenoxy) is 1. The molecule has 0 saturated carbocycles. The number of aromatic nitrogens is 1. The number of aromatic amines is 1. The van der Waals surface area contributed by atoms with Crippen molar-refractivity contribution in [3.05, 3.63) is 33.7 Å². The van der Waals surface area contributed by atoms with Gasteiger partial charge < -0.3 is 9.72 Å². The zero-order chi connectivity index (χ0) is 11.4. The van der Waals surface area contributed by atoms with E-state index in [9.17, 15) is 18.4 Å². The fourth-order valence-electron chi connectivity index (χ4n) is 1.01. The first-order valence-corrected chi connectivity index (χ1v) is 4.11. The van der Waals surface area contributed by atoms with Crippen LogP contribution < -0.4 is 5.56 Å². The number of H-pyrrole nitrogens is 1. The van der Waals surface area contributed by atoms with Crippen LogP contribution in [0.3, 0.4) is 0 Å². The van der Waals surface area contributed by atoms with Crippen molar-refractivity contribution >= 4 is 5.97 Å². The Balaban J connectivity index is 2.94. The molecule has 0 atom stereocenters. The number of esters is 1. The first-order chi connectivity index (χ1) is 7.04. The number of methoxy groups -OCH3 is 1. The molecule has 0 fully saturated rings. The molecule has 0 aromatic carbocycles. The fourth-order valence-corrected chi connectivity index (χ4v) is 1.01. The average Bonchev–Trinajstić information content (AvgIpc) is 2.20. The van der Waals surface area contributed by atoms with E-state index in [1.54, 1.807) is 0 Å². The van der Waals surface area contributed by atoms with Gasteiger partial charge in [-0.05, 0) is 6.07 Å². The Morgan fingerprint density at radius 3 is 2.67 bits per heavy atom. The van der Waals surface area contributed by atoms with Crippen molar-refractivity contribution in [2.75, 3.05) is 7.11 Å². The van der Waals surface area contributed by atoms with Crippen LogP contribution in [-0.2, 0) is 16.0 Å². The number of carbonyl (C=O) groups excluding carboxylic acids is 1. The smallest absolute Gasteiger partial charge is 0.310 e. The van der Waals surface area contributed by atoms with Crippen molar-refractivity contribution in [3.63, 3.8) is 0 Å². The summed E-state index contributed by atoms with van der Waals surface area (Å²) in [5.74, 6) is -0.592. The second-order valence-electron chi connectivity index (χ2n) is 2.82. The number of hydrogen-bond acceptors (Lipinski definition) is 3. The summed E-state index contributed by atoms with van der Waals surface area (Å²) in [5, 5.41) is 0. The van der Waals surface area contributed by atoms with Gasteiger partial charge in [0.2, 0.25) is 0 Å². The van der Waals surface area contributed by atoms with Gasteiger partial charge in [-0.2, -0.15) is 0 Å². The number of nitrogens with one attached hydrogen (secondary N) is 1. The summed E-state index contributed by atoms with van der Waals surface area (Å²) in [4.78, 5) is 24.0. The SMILES string of the molecule is COC(=O)Cc1ccc(C(F)F)[nH]c1=O. The molecule has 1 aromatic rings. The van der Waals surface area contributed by atoms with Crippen LogP contribution in [0.1, 0.15) is 17.7 Å². The van der Waals surface area contributed by atoms with Crippen LogP contribution in [0.5, 0.6) is 0 Å². The van der Waals surface area contributed by atoms with Crippen molar-refractivity contribution < 1.29 is 18.3 Å². The maximum absolute atomic E-state index is 12.1. The van der Waals surface area contributed by atoms with Gasteiger partial charge in [0.25, 0.3) is 12.0 Å². The van der Waals surface area contributed by atoms with Crippen LogP contribution in [0.2, 0.25) is 0 Å². The van der Waals surface area contributed by atoms with Gasteiger partial charge in [-0.3, -0.25) is 9.59 Å². The highest BCUT2D eigenvalue weighted by atomic mass is 19.3. The standard InChI is InChI=1S/C9H9F2NO3/c1-15-7(13)4-5-2-3-6(8(10)11)12-9(5)14/h2-3,8H,4H2,1H3,(H,12,14). The van der Waals surface area contributed by atoms with E-state index < -0.39 is 23.6 Å². The van der Waals surface area contributed by atoms with Crippen molar-refractivity contribution in [3.8, 4) is 0 Å². The lowest BCUT2D eigenvalue weighted by Gasteiger charge is -2.02. The number of alkyl halides is 2. The Morgan fingerprint density at radius 2 is 2.20 bits per heavy atom. The Hall–Kier alpha value is -1.72. The molecular formula is C9H9F2NO3. The number of carbonyl (C=O) groups is 1. The van der Waals surface area contributed by atoms with E-state index in [1.807, 2.05) is 4.98 Å². The summed E-state index contributed by atoms with van der Waals surface area (Å²) in [5.41, 5.74) is -1.06.